The fourth-order valence-corrected chi connectivity index (χ4v) is 8.61. The fourth-order valence-electron chi connectivity index (χ4n) is 7.95. The Labute approximate surface area is 328 Å². The summed E-state index contributed by atoms with van der Waals surface area (Å²) in [4.78, 5) is 13.8. The number of Topliss-reactive ketones (excluding diaryl/α,β-unsaturated/α-hetero) is 1. The van der Waals surface area contributed by atoms with Gasteiger partial charge in [0.05, 0.1) is 6.15 Å². The summed E-state index contributed by atoms with van der Waals surface area (Å²) in [5.41, 5.74) is 8.54. The van der Waals surface area contributed by atoms with Gasteiger partial charge in [-0.3, -0.25) is 4.79 Å². The number of hydrogen-bond donors (Lipinski definition) is 0. The minimum Gasteiger partial charge on any atom is -0.286 e. The van der Waals surface area contributed by atoms with Crippen LogP contribution in [0.1, 0.15) is 94.4 Å². The van der Waals surface area contributed by atoms with Crippen LogP contribution in [-0.4, -0.2) is 11.9 Å². The molecule has 0 heterocycles. The van der Waals surface area contributed by atoms with Gasteiger partial charge in [-0.05, 0) is 22.0 Å². The Morgan fingerprint density at radius 3 is 1.07 bits per heavy atom. The number of benzene rings is 6. The molecule has 0 spiro atoms. The van der Waals surface area contributed by atoms with E-state index in [0.29, 0.717) is 34.2 Å². The predicted octanol–water partition coefficient (Wildman–Crippen LogP) is 10.8. The lowest BCUT2D eigenvalue weighted by molar-refractivity contribution is 0.0958. The Hall–Kier alpha value is -4.93. The molecular formula is C50H55BO2S. The summed E-state index contributed by atoms with van der Waals surface area (Å²) in [6.07, 6.45) is 0.177. The van der Waals surface area contributed by atoms with E-state index in [9.17, 15) is 9.00 Å². The highest BCUT2D eigenvalue weighted by Crippen LogP contribution is 2.38. The van der Waals surface area contributed by atoms with Crippen molar-refractivity contribution in [1.29, 1.82) is 0 Å². The summed E-state index contributed by atoms with van der Waals surface area (Å²) in [5, 5.41) is 0. The topological polar surface area (TPSA) is 34.1 Å². The highest BCUT2D eigenvalue weighted by atomic mass is 32.1. The number of rotatable bonds is 10. The van der Waals surface area contributed by atoms with Crippen molar-refractivity contribution in [2.75, 3.05) is 0 Å². The summed E-state index contributed by atoms with van der Waals surface area (Å²) < 4.78 is 11.5. The first-order valence-electron chi connectivity index (χ1n) is 19.3. The van der Waals surface area contributed by atoms with E-state index in [1.165, 1.54) is 16.4 Å². The minimum atomic E-state index is -1.35. The monoisotopic (exact) mass is 730 g/mol. The van der Waals surface area contributed by atoms with Crippen LogP contribution in [0.4, 0.5) is 0 Å². The van der Waals surface area contributed by atoms with Gasteiger partial charge >= 0.3 is 16.4 Å². The molecule has 0 aliphatic carbocycles. The number of carbonyl (C=O) groups is 1. The van der Waals surface area contributed by atoms with Crippen LogP contribution in [0.3, 0.4) is 0 Å². The van der Waals surface area contributed by atoms with Crippen LogP contribution in [0.15, 0.2) is 170 Å². The van der Waals surface area contributed by atoms with Gasteiger partial charge in [-0.25, -0.2) is 0 Å². The third-order valence-electron chi connectivity index (χ3n) is 11.3. The minimum absolute atomic E-state index is 0.0103. The van der Waals surface area contributed by atoms with Crippen molar-refractivity contribution in [3.05, 3.63) is 198 Å². The van der Waals surface area contributed by atoms with Crippen molar-refractivity contribution in [3.8, 4) is 0 Å². The van der Waals surface area contributed by atoms with Crippen LogP contribution in [0, 0.1) is 0 Å². The first-order chi connectivity index (χ1) is 25.8. The van der Waals surface area contributed by atoms with Gasteiger partial charge in [0, 0.05) is 20.9 Å². The number of carbonyl (C=O) groups excluding carboxylic acids is 1. The van der Waals surface area contributed by atoms with Gasteiger partial charge in [-0.2, -0.15) is 22.2 Å². The zero-order valence-electron chi connectivity index (χ0n) is 33.3. The molecule has 6 aromatic carbocycles. The van der Waals surface area contributed by atoms with Gasteiger partial charge in [0.25, 0.3) is 0 Å². The van der Waals surface area contributed by atoms with Crippen molar-refractivity contribution < 1.29 is 9.00 Å². The molecule has 276 valence electrons. The molecule has 1 unspecified atom stereocenters. The molecular weight excluding hydrogens is 675 g/mol. The van der Waals surface area contributed by atoms with Crippen molar-refractivity contribution in [1.82, 2.24) is 0 Å². The zero-order chi connectivity index (χ0) is 39.0. The molecule has 2 nitrogen and oxygen atoms in total. The smallest absolute Gasteiger partial charge is 0.286 e. The normalized spacial score (nSPS) is 12.6. The zero-order valence-corrected chi connectivity index (χ0v) is 34.1. The molecule has 0 aromatic heterocycles. The predicted molar refractivity (Wildman–Crippen MR) is 234 cm³/mol. The summed E-state index contributed by atoms with van der Waals surface area (Å²) in [6.45, 7) is 17.6. The molecule has 0 aliphatic heterocycles. The standard InChI is InChI=1S/C28H31O2S.C22H24B/c1-26(2,3)21-12-16-23(17-13-21)28(31-30,25(29)20-10-8-7-9-11-20)24-18-14-22(15-19-24)27(4,5)6;1-3-19(2)23(20-13-7-4-8-14-20,21-15-9-5-10-16-21)22-17-11-6-12-18-22/h7-19H,1-6H3;4-19H,3H2,1-2H3/q+1;-1. The summed E-state index contributed by atoms with van der Waals surface area (Å²) in [6, 6.07) is 58.1. The van der Waals surface area contributed by atoms with Gasteiger partial charge in [0.1, 0.15) is 0 Å². The second-order valence-corrected chi connectivity index (χ2v) is 17.4. The average Bonchev–Trinajstić information content (AvgIpc) is 3.20. The first-order valence-corrected chi connectivity index (χ1v) is 20.0. The molecule has 6 aromatic rings. The third-order valence-corrected chi connectivity index (χ3v) is 12.2. The van der Waals surface area contributed by atoms with Crippen LogP contribution < -0.4 is 16.4 Å². The number of hydrogen-bond acceptors (Lipinski definition) is 2. The lowest BCUT2D eigenvalue weighted by Crippen LogP contribution is -2.69. The summed E-state index contributed by atoms with van der Waals surface area (Å²) in [5.74, 6) is 0.363. The SMILES string of the molecule is CC(C)(C)c1ccc(C([S+]=O)(C(=O)c2ccccc2)c2ccc(C(C)(C)C)cc2)cc1.CCC(C)[B-](c1ccccc1)(c1ccccc1)c1ccccc1. The van der Waals surface area contributed by atoms with Gasteiger partial charge < -0.3 is 0 Å². The van der Waals surface area contributed by atoms with Crippen LogP contribution in [0.2, 0.25) is 5.82 Å². The van der Waals surface area contributed by atoms with E-state index in [1.54, 1.807) is 12.1 Å². The molecule has 0 saturated carbocycles. The van der Waals surface area contributed by atoms with Crippen LogP contribution in [0.5, 0.6) is 0 Å². The van der Waals surface area contributed by atoms with Crippen molar-refractivity contribution in [2.24, 2.45) is 0 Å². The highest BCUT2D eigenvalue weighted by Gasteiger charge is 2.56. The maximum atomic E-state index is 13.8. The molecule has 6 rings (SSSR count). The van der Waals surface area contributed by atoms with E-state index in [4.69, 9.17) is 0 Å². The van der Waals surface area contributed by atoms with Crippen LogP contribution >= 0.6 is 0 Å². The highest BCUT2D eigenvalue weighted by molar-refractivity contribution is 7.68. The van der Waals surface area contributed by atoms with Crippen molar-refractivity contribution in [3.63, 3.8) is 0 Å². The second kappa shape index (κ2) is 17.0. The quantitative estimate of drug-likeness (QED) is 0.0799. The molecule has 0 N–H and O–H groups in total. The van der Waals surface area contributed by atoms with E-state index in [1.807, 2.05) is 66.7 Å². The molecule has 0 saturated heterocycles. The molecule has 4 heteroatoms. The Balaban J connectivity index is 0.000000217. The molecule has 0 radical (unpaired) electrons. The van der Waals surface area contributed by atoms with Crippen molar-refractivity contribution >= 4 is 40.0 Å². The van der Waals surface area contributed by atoms with E-state index in [0.717, 1.165) is 17.5 Å². The lowest BCUT2D eigenvalue weighted by atomic mass is 9.10. The first kappa shape index (κ1) is 40.3. The maximum Gasteiger partial charge on any atom is 0.484 e. The van der Waals surface area contributed by atoms with E-state index >= 15 is 0 Å². The molecule has 0 aliphatic rings. The molecule has 0 amide bonds. The van der Waals surface area contributed by atoms with Crippen LogP contribution in [0.25, 0.3) is 0 Å². The fraction of sp³-hybridized carbons (Fsp3) is 0.260. The molecule has 1 atom stereocenters. The average molecular weight is 731 g/mol. The third kappa shape index (κ3) is 8.25. The Morgan fingerprint density at radius 2 is 0.796 bits per heavy atom. The van der Waals surface area contributed by atoms with Gasteiger partial charge in [-0.1, -0.05) is 232 Å². The van der Waals surface area contributed by atoms with E-state index < -0.39 is 10.9 Å². The number of ketones is 1. The lowest BCUT2D eigenvalue weighted by Gasteiger charge is -2.48. The molecule has 0 bridgehead atoms. The molecule has 0 fully saturated rings. The largest absolute Gasteiger partial charge is 0.484 e. The maximum absolute atomic E-state index is 13.8. The van der Waals surface area contributed by atoms with Gasteiger partial charge in [0.2, 0.25) is 5.78 Å². The van der Waals surface area contributed by atoms with Crippen molar-refractivity contribution in [2.45, 2.75) is 83.2 Å². The Morgan fingerprint density at radius 1 is 0.500 bits per heavy atom. The van der Waals surface area contributed by atoms with Gasteiger partial charge in [-0.15, -0.1) is 0 Å². The Bertz CT molecular complexity index is 1930. The van der Waals surface area contributed by atoms with E-state index in [-0.39, 0.29) is 16.6 Å². The summed E-state index contributed by atoms with van der Waals surface area (Å²) in [7, 11) is 0. The van der Waals surface area contributed by atoms with Gasteiger partial charge in [0.15, 0.2) is 0 Å². The second-order valence-electron chi connectivity index (χ2n) is 16.7. The summed E-state index contributed by atoms with van der Waals surface area (Å²) >= 11 is 0.354. The van der Waals surface area contributed by atoms with Crippen LogP contribution in [-0.2, 0) is 31.5 Å². The Kier molecular flexibility index (Phi) is 12.7. The van der Waals surface area contributed by atoms with E-state index in [2.05, 4.69) is 146 Å². The molecule has 54 heavy (non-hydrogen) atoms.